The van der Waals surface area contributed by atoms with Gasteiger partial charge in [-0.15, -0.1) is 6.58 Å². The van der Waals surface area contributed by atoms with E-state index in [-0.39, 0.29) is 0 Å². The Kier molecular flexibility index (Phi) is 5.45. The number of esters is 1. The lowest BCUT2D eigenvalue weighted by Gasteiger charge is -2.09. The van der Waals surface area contributed by atoms with E-state index >= 15 is 0 Å². The molecule has 17 heavy (non-hydrogen) atoms. The maximum absolute atomic E-state index is 11.1. The van der Waals surface area contributed by atoms with E-state index in [9.17, 15) is 4.79 Å². The Bertz CT molecular complexity index is 449. The number of rotatable bonds is 4. The van der Waals surface area contributed by atoms with Gasteiger partial charge in [0, 0.05) is 23.4 Å². The minimum atomic E-state index is -0.398. The van der Waals surface area contributed by atoms with E-state index in [0.29, 0.717) is 17.2 Å². The standard InChI is InChI=1S/C13H12BrClO2/c1-3-4-12(15)13(17-9(2)16)10-5-7-11(14)8-6-10/h3,5-8H,1,4H2,2H3/b13-12-. The molecule has 0 unspecified atom stereocenters. The van der Waals surface area contributed by atoms with Crippen LogP contribution in [0, 0.1) is 0 Å². The first kappa shape index (κ1) is 14.0. The molecule has 0 atom stereocenters. The van der Waals surface area contributed by atoms with Crippen molar-refractivity contribution < 1.29 is 9.53 Å². The molecule has 0 aromatic heterocycles. The van der Waals surface area contributed by atoms with Crippen LogP contribution in [0.1, 0.15) is 18.9 Å². The molecule has 0 saturated heterocycles. The van der Waals surface area contributed by atoms with E-state index in [1.165, 1.54) is 6.92 Å². The third-order valence-corrected chi connectivity index (χ3v) is 2.78. The van der Waals surface area contributed by atoms with Crippen molar-refractivity contribution in [1.29, 1.82) is 0 Å². The number of ether oxygens (including phenoxy) is 1. The van der Waals surface area contributed by atoms with E-state index in [2.05, 4.69) is 22.5 Å². The fraction of sp³-hybridized carbons (Fsp3) is 0.154. The minimum absolute atomic E-state index is 0.381. The second-order valence-corrected chi connectivity index (χ2v) is 4.70. The maximum Gasteiger partial charge on any atom is 0.308 e. The predicted molar refractivity (Wildman–Crippen MR) is 73.5 cm³/mol. The van der Waals surface area contributed by atoms with E-state index in [4.69, 9.17) is 16.3 Å². The summed E-state index contributed by atoms with van der Waals surface area (Å²) in [5.41, 5.74) is 0.759. The van der Waals surface area contributed by atoms with Gasteiger partial charge in [0.25, 0.3) is 0 Å². The van der Waals surface area contributed by atoms with E-state index < -0.39 is 5.97 Å². The van der Waals surface area contributed by atoms with Crippen LogP contribution < -0.4 is 0 Å². The van der Waals surface area contributed by atoms with E-state index in [1.54, 1.807) is 6.08 Å². The molecule has 0 aliphatic heterocycles. The summed E-state index contributed by atoms with van der Waals surface area (Å²) in [6, 6.07) is 7.37. The van der Waals surface area contributed by atoms with Crippen LogP contribution in [0.25, 0.3) is 5.76 Å². The topological polar surface area (TPSA) is 26.3 Å². The number of hydrogen-bond acceptors (Lipinski definition) is 2. The third-order valence-electron chi connectivity index (χ3n) is 1.92. The molecular formula is C13H12BrClO2. The molecule has 0 amide bonds. The lowest BCUT2D eigenvalue weighted by Crippen LogP contribution is -2.00. The van der Waals surface area contributed by atoms with Crippen molar-refractivity contribution in [3.05, 3.63) is 52.0 Å². The molecule has 0 heterocycles. The minimum Gasteiger partial charge on any atom is -0.425 e. The Morgan fingerprint density at radius 3 is 2.53 bits per heavy atom. The molecule has 2 nitrogen and oxygen atoms in total. The summed E-state index contributed by atoms with van der Waals surface area (Å²) >= 11 is 9.43. The molecule has 0 fully saturated rings. The van der Waals surface area contributed by atoms with Crippen LogP contribution in [-0.2, 0) is 9.53 Å². The van der Waals surface area contributed by atoms with Crippen LogP contribution >= 0.6 is 27.5 Å². The first-order chi connectivity index (χ1) is 8.04. The quantitative estimate of drug-likeness (QED) is 0.465. The number of benzene rings is 1. The van der Waals surface area contributed by atoms with Crippen LogP contribution in [0.5, 0.6) is 0 Å². The highest BCUT2D eigenvalue weighted by molar-refractivity contribution is 9.10. The van der Waals surface area contributed by atoms with Gasteiger partial charge < -0.3 is 4.74 Å². The van der Waals surface area contributed by atoms with E-state index in [1.807, 2.05) is 24.3 Å². The molecule has 0 aliphatic rings. The predicted octanol–water partition coefficient (Wildman–Crippen LogP) is 4.50. The van der Waals surface area contributed by atoms with Crippen molar-refractivity contribution in [2.45, 2.75) is 13.3 Å². The molecule has 1 rings (SSSR count). The van der Waals surface area contributed by atoms with Gasteiger partial charge in [0.1, 0.15) is 0 Å². The molecular weight excluding hydrogens is 303 g/mol. The fourth-order valence-electron chi connectivity index (χ4n) is 1.24. The molecule has 0 bridgehead atoms. The average molecular weight is 316 g/mol. The van der Waals surface area contributed by atoms with Crippen molar-refractivity contribution in [3.8, 4) is 0 Å². The first-order valence-corrected chi connectivity index (χ1v) is 6.15. The molecule has 0 spiro atoms. The summed E-state index contributed by atoms with van der Waals surface area (Å²) in [5, 5.41) is 0.456. The number of halogens is 2. The summed E-state index contributed by atoms with van der Waals surface area (Å²) < 4.78 is 6.08. The number of allylic oxidation sites excluding steroid dienone is 2. The van der Waals surface area contributed by atoms with Gasteiger partial charge in [0.15, 0.2) is 5.76 Å². The van der Waals surface area contributed by atoms with Gasteiger partial charge in [0.2, 0.25) is 0 Å². The molecule has 1 aromatic carbocycles. The van der Waals surface area contributed by atoms with Crippen molar-refractivity contribution >= 4 is 39.3 Å². The van der Waals surface area contributed by atoms with Gasteiger partial charge in [-0.1, -0.05) is 45.7 Å². The van der Waals surface area contributed by atoms with Gasteiger partial charge in [-0.05, 0) is 12.1 Å². The van der Waals surface area contributed by atoms with Crippen LogP contribution in [0.15, 0.2) is 46.4 Å². The van der Waals surface area contributed by atoms with Gasteiger partial charge in [-0.2, -0.15) is 0 Å². The molecule has 90 valence electrons. The molecule has 1 aromatic rings. The van der Waals surface area contributed by atoms with Crippen LogP contribution in [-0.4, -0.2) is 5.97 Å². The second kappa shape index (κ2) is 6.62. The summed E-state index contributed by atoms with van der Waals surface area (Å²) in [4.78, 5) is 11.1. The van der Waals surface area contributed by atoms with Gasteiger partial charge >= 0.3 is 5.97 Å². The highest BCUT2D eigenvalue weighted by Gasteiger charge is 2.11. The zero-order chi connectivity index (χ0) is 12.8. The molecule has 0 radical (unpaired) electrons. The Labute approximate surface area is 114 Å². The Hall–Kier alpha value is -1.06. The van der Waals surface area contributed by atoms with Gasteiger partial charge in [0.05, 0.1) is 5.03 Å². The molecule has 0 saturated carbocycles. The lowest BCUT2D eigenvalue weighted by atomic mass is 10.1. The summed E-state index contributed by atoms with van der Waals surface area (Å²) in [7, 11) is 0. The van der Waals surface area contributed by atoms with Crippen LogP contribution in [0.3, 0.4) is 0 Å². The summed E-state index contributed by atoms with van der Waals surface area (Å²) in [5.74, 6) is -0.0169. The SMILES string of the molecule is C=CC/C(Cl)=C(/OC(C)=O)c1ccc(Br)cc1. The normalized spacial score (nSPS) is 11.7. The summed E-state index contributed by atoms with van der Waals surface area (Å²) in [6.07, 6.45) is 2.12. The highest BCUT2D eigenvalue weighted by Crippen LogP contribution is 2.26. The first-order valence-electron chi connectivity index (χ1n) is 4.98. The Morgan fingerprint density at radius 2 is 2.06 bits per heavy atom. The Morgan fingerprint density at radius 1 is 1.47 bits per heavy atom. The second-order valence-electron chi connectivity index (χ2n) is 3.33. The zero-order valence-electron chi connectivity index (χ0n) is 9.37. The van der Waals surface area contributed by atoms with Crippen LogP contribution in [0.4, 0.5) is 0 Å². The smallest absolute Gasteiger partial charge is 0.308 e. The van der Waals surface area contributed by atoms with Gasteiger partial charge in [-0.25, -0.2) is 0 Å². The van der Waals surface area contributed by atoms with Gasteiger partial charge in [-0.3, -0.25) is 4.79 Å². The van der Waals surface area contributed by atoms with Crippen molar-refractivity contribution in [1.82, 2.24) is 0 Å². The highest BCUT2D eigenvalue weighted by atomic mass is 79.9. The molecule has 4 heteroatoms. The molecule has 0 aliphatic carbocycles. The average Bonchev–Trinajstić information content (AvgIpc) is 2.27. The maximum atomic E-state index is 11.1. The monoisotopic (exact) mass is 314 g/mol. The number of hydrogen-bond donors (Lipinski definition) is 0. The van der Waals surface area contributed by atoms with E-state index in [0.717, 1.165) is 10.0 Å². The van der Waals surface area contributed by atoms with Crippen LogP contribution in [0.2, 0.25) is 0 Å². The number of carbonyl (C=O) groups excluding carboxylic acids is 1. The van der Waals surface area contributed by atoms with Crippen molar-refractivity contribution in [2.24, 2.45) is 0 Å². The largest absolute Gasteiger partial charge is 0.425 e. The Balaban J connectivity index is 3.14. The van der Waals surface area contributed by atoms with Crippen molar-refractivity contribution in [3.63, 3.8) is 0 Å². The van der Waals surface area contributed by atoms with Crippen molar-refractivity contribution in [2.75, 3.05) is 0 Å². The number of carbonyl (C=O) groups is 1. The lowest BCUT2D eigenvalue weighted by molar-refractivity contribution is -0.134. The zero-order valence-corrected chi connectivity index (χ0v) is 11.7. The molecule has 0 N–H and O–H groups in total. The third kappa shape index (κ3) is 4.36. The fourth-order valence-corrected chi connectivity index (χ4v) is 1.76. The summed E-state index contributed by atoms with van der Waals surface area (Å²) in [6.45, 7) is 4.95.